The third-order valence-electron chi connectivity index (χ3n) is 2.95. The second-order valence-corrected chi connectivity index (χ2v) is 7.64. The van der Waals surface area contributed by atoms with Crippen molar-refractivity contribution >= 4 is 28.4 Å². The number of rotatable bonds is 2. The van der Waals surface area contributed by atoms with Crippen LogP contribution >= 0.6 is 23.3 Å². The number of nitrogens with zero attached hydrogens (tertiary/aromatic N) is 3. The van der Waals surface area contributed by atoms with Gasteiger partial charge in [-0.3, -0.25) is 0 Å². The summed E-state index contributed by atoms with van der Waals surface area (Å²) in [6.07, 6.45) is 1.24. The molecule has 96 valence electrons. The van der Waals surface area contributed by atoms with Crippen LogP contribution in [0.2, 0.25) is 0 Å². The number of hydrogen-bond acceptors (Lipinski definition) is 5. The van der Waals surface area contributed by atoms with E-state index in [0.29, 0.717) is 0 Å². The molecule has 1 aliphatic heterocycles. The fourth-order valence-electron chi connectivity index (χ4n) is 1.79. The Kier molecular flexibility index (Phi) is 3.98. The SMILES string of the molecule is CCC1CN(c2nc(C(C)(C)C)ns2)CCS1. The van der Waals surface area contributed by atoms with E-state index < -0.39 is 0 Å². The van der Waals surface area contributed by atoms with Crippen molar-refractivity contribution in [1.82, 2.24) is 9.36 Å². The Bertz CT molecular complexity index is 370. The van der Waals surface area contributed by atoms with Crippen LogP contribution in [0.15, 0.2) is 0 Å². The van der Waals surface area contributed by atoms with Crippen molar-refractivity contribution in [3.8, 4) is 0 Å². The third-order valence-corrected chi connectivity index (χ3v) is 5.10. The molecule has 0 bridgehead atoms. The second-order valence-electron chi connectivity index (χ2n) is 5.50. The van der Waals surface area contributed by atoms with Gasteiger partial charge < -0.3 is 4.90 Å². The van der Waals surface area contributed by atoms with E-state index in [2.05, 4.69) is 48.7 Å². The molecule has 0 amide bonds. The van der Waals surface area contributed by atoms with Crippen LogP contribution in [0.1, 0.15) is 39.9 Å². The van der Waals surface area contributed by atoms with E-state index in [9.17, 15) is 0 Å². The average Bonchev–Trinajstić information content (AvgIpc) is 2.78. The highest BCUT2D eigenvalue weighted by Gasteiger charge is 2.25. The molecule has 2 rings (SSSR count). The van der Waals surface area contributed by atoms with Crippen LogP contribution in [-0.4, -0.2) is 33.4 Å². The monoisotopic (exact) mass is 271 g/mol. The lowest BCUT2D eigenvalue weighted by molar-refractivity contribution is 0.554. The average molecular weight is 271 g/mol. The zero-order valence-electron chi connectivity index (χ0n) is 11.1. The van der Waals surface area contributed by atoms with Crippen molar-refractivity contribution in [3.05, 3.63) is 5.82 Å². The van der Waals surface area contributed by atoms with Crippen LogP contribution in [0, 0.1) is 0 Å². The highest BCUT2D eigenvalue weighted by atomic mass is 32.2. The van der Waals surface area contributed by atoms with Gasteiger partial charge in [0.05, 0.1) is 0 Å². The molecule has 1 aromatic heterocycles. The van der Waals surface area contributed by atoms with E-state index >= 15 is 0 Å². The molecule has 0 saturated carbocycles. The summed E-state index contributed by atoms with van der Waals surface area (Å²) in [4.78, 5) is 7.10. The Morgan fingerprint density at radius 3 is 2.76 bits per heavy atom. The first kappa shape index (κ1) is 13.1. The molecule has 0 radical (unpaired) electrons. The number of hydrogen-bond donors (Lipinski definition) is 0. The molecule has 0 spiro atoms. The summed E-state index contributed by atoms with van der Waals surface area (Å²) in [6, 6.07) is 0. The Morgan fingerprint density at radius 2 is 2.18 bits per heavy atom. The van der Waals surface area contributed by atoms with E-state index in [1.165, 1.54) is 12.2 Å². The van der Waals surface area contributed by atoms with Crippen molar-refractivity contribution in [1.29, 1.82) is 0 Å². The van der Waals surface area contributed by atoms with E-state index in [0.717, 1.165) is 29.3 Å². The summed E-state index contributed by atoms with van der Waals surface area (Å²) in [5, 5.41) is 1.86. The van der Waals surface area contributed by atoms with Crippen LogP contribution in [0.25, 0.3) is 0 Å². The van der Waals surface area contributed by atoms with Crippen LogP contribution in [0.3, 0.4) is 0 Å². The van der Waals surface area contributed by atoms with Crippen LogP contribution < -0.4 is 4.90 Å². The molecule has 1 aliphatic rings. The largest absolute Gasteiger partial charge is 0.345 e. The summed E-state index contributed by atoms with van der Waals surface area (Å²) < 4.78 is 4.50. The Hall–Kier alpha value is -0.290. The maximum Gasteiger partial charge on any atom is 0.205 e. The third kappa shape index (κ3) is 3.13. The quantitative estimate of drug-likeness (QED) is 0.826. The summed E-state index contributed by atoms with van der Waals surface area (Å²) in [6.45, 7) is 11.0. The van der Waals surface area contributed by atoms with Gasteiger partial charge >= 0.3 is 0 Å². The lowest BCUT2D eigenvalue weighted by Gasteiger charge is -2.31. The summed E-state index contributed by atoms with van der Waals surface area (Å²) in [5.41, 5.74) is 0.0590. The molecular weight excluding hydrogens is 250 g/mol. The Labute approximate surface area is 112 Å². The van der Waals surface area contributed by atoms with Crippen molar-refractivity contribution < 1.29 is 0 Å². The normalized spacial score (nSPS) is 21.9. The van der Waals surface area contributed by atoms with E-state index in [1.54, 1.807) is 11.5 Å². The van der Waals surface area contributed by atoms with E-state index in [-0.39, 0.29) is 5.41 Å². The minimum atomic E-state index is 0.0590. The second kappa shape index (κ2) is 5.14. The molecule has 0 N–H and O–H groups in total. The maximum absolute atomic E-state index is 4.70. The molecule has 2 heterocycles. The van der Waals surface area contributed by atoms with Gasteiger partial charge in [-0.15, -0.1) is 0 Å². The van der Waals surface area contributed by atoms with Crippen LogP contribution in [0.4, 0.5) is 5.13 Å². The highest BCUT2D eigenvalue weighted by Crippen LogP contribution is 2.29. The fourth-order valence-corrected chi connectivity index (χ4v) is 3.86. The summed E-state index contributed by atoms with van der Waals surface area (Å²) >= 11 is 3.64. The molecule has 0 aliphatic carbocycles. The minimum Gasteiger partial charge on any atom is -0.345 e. The van der Waals surface area contributed by atoms with Gasteiger partial charge in [0.15, 0.2) is 0 Å². The molecule has 1 atom stereocenters. The van der Waals surface area contributed by atoms with Gasteiger partial charge in [0, 0.05) is 41.0 Å². The van der Waals surface area contributed by atoms with Gasteiger partial charge in [-0.2, -0.15) is 16.1 Å². The van der Waals surface area contributed by atoms with Crippen LogP contribution in [0.5, 0.6) is 0 Å². The first-order valence-electron chi connectivity index (χ1n) is 6.21. The highest BCUT2D eigenvalue weighted by molar-refractivity contribution is 8.00. The van der Waals surface area contributed by atoms with Crippen molar-refractivity contribution in [2.75, 3.05) is 23.7 Å². The molecule has 3 nitrogen and oxygen atoms in total. The minimum absolute atomic E-state index is 0.0590. The van der Waals surface area contributed by atoms with Gasteiger partial charge in [0.1, 0.15) is 5.82 Å². The molecular formula is C12H21N3S2. The molecule has 1 unspecified atom stereocenters. The van der Waals surface area contributed by atoms with Gasteiger partial charge in [0.25, 0.3) is 0 Å². The first-order chi connectivity index (χ1) is 8.00. The molecule has 17 heavy (non-hydrogen) atoms. The van der Waals surface area contributed by atoms with Gasteiger partial charge in [-0.05, 0) is 6.42 Å². The zero-order chi connectivity index (χ0) is 12.5. The lowest BCUT2D eigenvalue weighted by atomic mass is 9.96. The van der Waals surface area contributed by atoms with Crippen molar-refractivity contribution in [2.45, 2.75) is 44.8 Å². The standard InChI is InChI=1S/C12H21N3S2/c1-5-9-8-15(6-7-16-9)11-13-10(14-17-11)12(2,3)4/h9H,5-8H2,1-4H3. The van der Waals surface area contributed by atoms with Crippen LogP contribution in [-0.2, 0) is 5.41 Å². The molecule has 0 aromatic carbocycles. The summed E-state index contributed by atoms with van der Waals surface area (Å²) in [5.74, 6) is 2.19. The Balaban J connectivity index is 2.09. The van der Waals surface area contributed by atoms with Gasteiger partial charge in [0.2, 0.25) is 5.13 Å². The van der Waals surface area contributed by atoms with Gasteiger partial charge in [-0.1, -0.05) is 27.7 Å². The summed E-state index contributed by atoms with van der Waals surface area (Å²) in [7, 11) is 0. The number of anilines is 1. The van der Waals surface area contributed by atoms with Crippen molar-refractivity contribution in [3.63, 3.8) is 0 Å². The molecule has 1 fully saturated rings. The maximum atomic E-state index is 4.70. The zero-order valence-corrected chi connectivity index (χ0v) is 12.7. The fraction of sp³-hybridized carbons (Fsp3) is 0.833. The molecule has 1 aromatic rings. The number of thioether (sulfide) groups is 1. The van der Waals surface area contributed by atoms with Crippen molar-refractivity contribution in [2.24, 2.45) is 0 Å². The first-order valence-corrected chi connectivity index (χ1v) is 8.03. The predicted octanol–water partition coefficient (Wildman–Crippen LogP) is 3.17. The predicted molar refractivity (Wildman–Crippen MR) is 77.4 cm³/mol. The molecule has 5 heteroatoms. The van der Waals surface area contributed by atoms with Gasteiger partial charge in [-0.25, -0.2) is 4.98 Å². The smallest absolute Gasteiger partial charge is 0.205 e. The van der Waals surface area contributed by atoms with E-state index in [1.807, 2.05) is 0 Å². The Morgan fingerprint density at radius 1 is 1.41 bits per heavy atom. The number of aromatic nitrogens is 2. The molecule has 1 saturated heterocycles. The lowest BCUT2D eigenvalue weighted by Crippen LogP contribution is -2.37. The topological polar surface area (TPSA) is 29.0 Å². The van der Waals surface area contributed by atoms with E-state index in [4.69, 9.17) is 4.98 Å².